The van der Waals surface area contributed by atoms with E-state index in [0.29, 0.717) is 5.82 Å². The number of nitrogen functional groups attached to an aromatic ring is 1. The van der Waals surface area contributed by atoms with Crippen LogP contribution in [0.3, 0.4) is 0 Å². The van der Waals surface area contributed by atoms with Crippen molar-refractivity contribution in [2.45, 2.75) is 26.7 Å². The molecule has 5 heteroatoms. The minimum absolute atomic E-state index is 0.548. The highest BCUT2D eigenvalue weighted by Crippen LogP contribution is 2.28. The maximum atomic E-state index is 5.93. The van der Waals surface area contributed by atoms with Crippen LogP contribution in [-0.4, -0.2) is 9.97 Å². The Labute approximate surface area is 121 Å². The lowest BCUT2D eigenvalue weighted by atomic mass is 10.1. The Kier molecular flexibility index (Phi) is 4.37. The second-order valence-corrected chi connectivity index (χ2v) is 5.23. The van der Waals surface area contributed by atoms with Crippen LogP contribution in [0.1, 0.15) is 24.5 Å². The molecule has 2 rings (SSSR count). The zero-order valence-corrected chi connectivity index (χ0v) is 12.7. The Morgan fingerprint density at radius 3 is 2.84 bits per heavy atom. The molecule has 2 aromatic rings. The lowest BCUT2D eigenvalue weighted by Gasteiger charge is -2.14. The third-order valence-corrected chi connectivity index (χ3v) is 3.86. The quantitative estimate of drug-likeness (QED) is 0.898. The zero-order valence-electron chi connectivity index (χ0n) is 11.1. The first-order chi connectivity index (χ1) is 9.13. The Morgan fingerprint density at radius 2 is 2.11 bits per heavy atom. The molecule has 0 spiro atoms. The van der Waals surface area contributed by atoms with Crippen molar-refractivity contribution in [2.24, 2.45) is 0 Å². The SMILES string of the molecule is CCCc1c(N)ncnc1Nc1cccc(Br)c1C. The molecule has 0 unspecified atom stereocenters. The largest absolute Gasteiger partial charge is 0.383 e. The predicted octanol–water partition coefficient (Wildman–Crippen LogP) is 3.83. The molecular weight excluding hydrogens is 304 g/mol. The van der Waals surface area contributed by atoms with Gasteiger partial charge in [-0.3, -0.25) is 0 Å². The summed E-state index contributed by atoms with van der Waals surface area (Å²) >= 11 is 3.53. The number of nitrogens with zero attached hydrogens (tertiary/aromatic N) is 2. The van der Waals surface area contributed by atoms with Crippen molar-refractivity contribution in [2.75, 3.05) is 11.1 Å². The second kappa shape index (κ2) is 6.02. The molecule has 0 amide bonds. The van der Waals surface area contributed by atoms with E-state index in [9.17, 15) is 0 Å². The number of halogens is 1. The van der Waals surface area contributed by atoms with Gasteiger partial charge in [-0.1, -0.05) is 35.3 Å². The standard InChI is InChI=1S/C14H17BrN4/c1-3-5-10-13(16)17-8-18-14(10)19-12-7-4-6-11(15)9(12)2/h4,6-8H,3,5H2,1-2H3,(H3,16,17,18,19). The summed E-state index contributed by atoms with van der Waals surface area (Å²) in [5, 5.41) is 3.35. The van der Waals surface area contributed by atoms with Gasteiger partial charge in [0.1, 0.15) is 18.0 Å². The first-order valence-corrected chi connectivity index (χ1v) is 7.04. The first-order valence-electron chi connectivity index (χ1n) is 6.25. The van der Waals surface area contributed by atoms with E-state index in [1.807, 2.05) is 18.2 Å². The molecule has 0 fully saturated rings. The van der Waals surface area contributed by atoms with Gasteiger partial charge >= 0.3 is 0 Å². The molecule has 1 aromatic carbocycles. The number of aromatic nitrogens is 2. The van der Waals surface area contributed by atoms with E-state index in [2.05, 4.69) is 45.1 Å². The molecule has 0 aliphatic carbocycles. The summed E-state index contributed by atoms with van der Waals surface area (Å²) in [7, 11) is 0. The van der Waals surface area contributed by atoms with E-state index >= 15 is 0 Å². The fourth-order valence-corrected chi connectivity index (χ4v) is 2.27. The second-order valence-electron chi connectivity index (χ2n) is 4.37. The summed E-state index contributed by atoms with van der Waals surface area (Å²) in [6, 6.07) is 6.03. The molecule has 19 heavy (non-hydrogen) atoms. The van der Waals surface area contributed by atoms with Crippen LogP contribution in [0, 0.1) is 6.92 Å². The van der Waals surface area contributed by atoms with Gasteiger partial charge in [-0.15, -0.1) is 0 Å². The van der Waals surface area contributed by atoms with Crippen LogP contribution in [0.25, 0.3) is 0 Å². The maximum absolute atomic E-state index is 5.93. The molecule has 0 aliphatic rings. The molecule has 0 saturated heterocycles. The highest BCUT2D eigenvalue weighted by atomic mass is 79.9. The van der Waals surface area contributed by atoms with Gasteiger partial charge in [-0.2, -0.15) is 0 Å². The molecule has 4 nitrogen and oxygen atoms in total. The Bertz CT molecular complexity index is 584. The molecule has 100 valence electrons. The average Bonchev–Trinajstić information content (AvgIpc) is 2.39. The predicted molar refractivity (Wildman–Crippen MR) is 82.6 cm³/mol. The van der Waals surface area contributed by atoms with Gasteiger partial charge in [0.05, 0.1) is 0 Å². The van der Waals surface area contributed by atoms with Gasteiger partial charge in [0, 0.05) is 15.7 Å². The molecule has 0 radical (unpaired) electrons. The van der Waals surface area contributed by atoms with Crippen LogP contribution >= 0.6 is 15.9 Å². The Balaban J connectivity index is 2.38. The molecule has 0 atom stereocenters. The fraction of sp³-hybridized carbons (Fsp3) is 0.286. The summed E-state index contributed by atoms with van der Waals surface area (Å²) in [6.45, 7) is 4.16. The van der Waals surface area contributed by atoms with Crippen molar-refractivity contribution in [3.05, 3.63) is 40.1 Å². The zero-order chi connectivity index (χ0) is 13.8. The molecule has 0 aliphatic heterocycles. The topological polar surface area (TPSA) is 63.8 Å². The van der Waals surface area contributed by atoms with Crippen LogP contribution in [0.5, 0.6) is 0 Å². The highest BCUT2D eigenvalue weighted by Gasteiger charge is 2.10. The van der Waals surface area contributed by atoms with Crippen molar-refractivity contribution in [1.82, 2.24) is 9.97 Å². The van der Waals surface area contributed by atoms with Gasteiger partial charge < -0.3 is 11.1 Å². The van der Waals surface area contributed by atoms with Gasteiger partial charge in [0.15, 0.2) is 0 Å². The molecule has 1 heterocycles. The Morgan fingerprint density at radius 1 is 1.32 bits per heavy atom. The monoisotopic (exact) mass is 320 g/mol. The summed E-state index contributed by atoms with van der Waals surface area (Å²) in [5.74, 6) is 1.34. The maximum Gasteiger partial charge on any atom is 0.139 e. The smallest absolute Gasteiger partial charge is 0.139 e. The van der Waals surface area contributed by atoms with E-state index < -0.39 is 0 Å². The summed E-state index contributed by atoms with van der Waals surface area (Å²) in [4.78, 5) is 8.36. The summed E-state index contributed by atoms with van der Waals surface area (Å²) in [6.07, 6.45) is 3.36. The van der Waals surface area contributed by atoms with Crippen LogP contribution in [0.2, 0.25) is 0 Å². The van der Waals surface area contributed by atoms with Crippen molar-refractivity contribution in [3.8, 4) is 0 Å². The van der Waals surface area contributed by atoms with E-state index in [1.165, 1.54) is 6.33 Å². The van der Waals surface area contributed by atoms with E-state index in [0.717, 1.165) is 39.9 Å². The lowest BCUT2D eigenvalue weighted by Crippen LogP contribution is -2.05. The molecule has 3 N–H and O–H groups in total. The van der Waals surface area contributed by atoms with E-state index in [-0.39, 0.29) is 0 Å². The average molecular weight is 321 g/mol. The van der Waals surface area contributed by atoms with E-state index in [1.54, 1.807) is 0 Å². The van der Waals surface area contributed by atoms with Crippen molar-refractivity contribution < 1.29 is 0 Å². The lowest BCUT2D eigenvalue weighted by molar-refractivity contribution is 0.908. The third kappa shape index (κ3) is 3.04. The molecule has 0 bridgehead atoms. The highest BCUT2D eigenvalue weighted by molar-refractivity contribution is 9.10. The Hall–Kier alpha value is -1.62. The third-order valence-electron chi connectivity index (χ3n) is 3.00. The molecule has 1 aromatic heterocycles. The van der Waals surface area contributed by atoms with Gasteiger partial charge in [-0.25, -0.2) is 9.97 Å². The molecular formula is C14H17BrN4. The number of anilines is 3. The number of benzene rings is 1. The normalized spacial score (nSPS) is 10.5. The van der Waals surface area contributed by atoms with E-state index in [4.69, 9.17) is 5.73 Å². The van der Waals surface area contributed by atoms with Crippen molar-refractivity contribution in [1.29, 1.82) is 0 Å². The van der Waals surface area contributed by atoms with Crippen LogP contribution in [-0.2, 0) is 6.42 Å². The molecule has 0 saturated carbocycles. The summed E-state index contributed by atoms with van der Waals surface area (Å²) in [5.41, 5.74) is 9.06. The van der Waals surface area contributed by atoms with Crippen molar-refractivity contribution in [3.63, 3.8) is 0 Å². The summed E-state index contributed by atoms with van der Waals surface area (Å²) < 4.78 is 1.07. The number of hydrogen-bond donors (Lipinski definition) is 2. The number of hydrogen-bond acceptors (Lipinski definition) is 4. The van der Waals surface area contributed by atoms with Crippen LogP contribution < -0.4 is 11.1 Å². The fourth-order valence-electron chi connectivity index (χ4n) is 1.90. The minimum Gasteiger partial charge on any atom is -0.383 e. The number of nitrogens with two attached hydrogens (primary N) is 1. The van der Waals surface area contributed by atoms with Gasteiger partial charge in [0.2, 0.25) is 0 Å². The van der Waals surface area contributed by atoms with Crippen LogP contribution in [0.15, 0.2) is 29.0 Å². The van der Waals surface area contributed by atoms with Crippen molar-refractivity contribution >= 4 is 33.3 Å². The van der Waals surface area contributed by atoms with Crippen LogP contribution in [0.4, 0.5) is 17.3 Å². The first kappa shape index (κ1) is 13.8. The van der Waals surface area contributed by atoms with Gasteiger partial charge in [-0.05, 0) is 31.0 Å². The number of rotatable bonds is 4. The van der Waals surface area contributed by atoms with Gasteiger partial charge in [0.25, 0.3) is 0 Å². The number of nitrogens with one attached hydrogen (secondary N) is 1. The minimum atomic E-state index is 0.548.